The van der Waals surface area contributed by atoms with Crippen molar-refractivity contribution < 1.29 is 18.4 Å². The van der Waals surface area contributed by atoms with E-state index in [0.29, 0.717) is 11.4 Å². The normalized spacial score (nSPS) is 18.6. The standard InChI is InChI=1S/C18H14FN3O3S/c1-11-17(24)22(13-6-4-12(19)5-7-13)18(26-11)15(9-20)16(23)21-10-14-3-2-8-25-14/h2-8,11H,10H2,1H3,(H,21,23)/b18-15-/t11-/m1/s1. The van der Waals surface area contributed by atoms with Crippen molar-refractivity contribution in [2.75, 3.05) is 4.90 Å². The molecule has 1 aromatic carbocycles. The smallest absolute Gasteiger partial charge is 0.265 e. The molecule has 132 valence electrons. The first-order valence-corrected chi connectivity index (χ1v) is 8.60. The molecule has 0 unspecified atom stereocenters. The van der Waals surface area contributed by atoms with Gasteiger partial charge in [0.15, 0.2) is 0 Å². The molecule has 3 rings (SSSR count). The summed E-state index contributed by atoms with van der Waals surface area (Å²) in [6, 6.07) is 10.6. The van der Waals surface area contributed by atoms with Crippen molar-refractivity contribution in [3.05, 3.63) is 64.8 Å². The maximum atomic E-state index is 13.2. The van der Waals surface area contributed by atoms with Crippen molar-refractivity contribution in [3.8, 4) is 6.07 Å². The van der Waals surface area contributed by atoms with Gasteiger partial charge in [0.1, 0.15) is 28.2 Å². The molecule has 0 radical (unpaired) electrons. The van der Waals surface area contributed by atoms with Crippen molar-refractivity contribution in [2.24, 2.45) is 0 Å². The number of carbonyl (C=O) groups is 2. The number of benzene rings is 1. The zero-order valence-corrected chi connectivity index (χ0v) is 14.5. The van der Waals surface area contributed by atoms with Crippen LogP contribution in [-0.4, -0.2) is 17.1 Å². The lowest BCUT2D eigenvalue weighted by molar-refractivity contribution is -0.117. The summed E-state index contributed by atoms with van der Waals surface area (Å²) in [5, 5.41) is 11.9. The molecule has 8 heteroatoms. The van der Waals surface area contributed by atoms with Crippen LogP contribution >= 0.6 is 11.8 Å². The summed E-state index contributed by atoms with van der Waals surface area (Å²) in [5.74, 6) is -0.786. The van der Waals surface area contributed by atoms with Crippen LogP contribution in [-0.2, 0) is 16.1 Å². The van der Waals surface area contributed by atoms with Crippen molar-refractivity contribution in [1.29, 1.82) is 5.26 Å². The Balaban J connectivity index is 1.92. The highest BCUT2D eigenvalue weighted by Gasteiger charge is 2.38. The van der Waals surface area contributed by atoms with E-state index in [9.17, 15) is 19.2 Å². The van der Waals surface area contributed by atoms with Gasteiger partial charge in [0.2, 0.25) is 5.91 Å². The van der Waals surface area contributed by atoms with Gasteiger partial charge >= 0.3 is 0 Å². The first kappa shape index (κ1) is 17.8. The Morgan fingerprint density at radius 1 is 1.38 bits per heavy atom. The molecule has 1 fully saturated rings. The SMILES string of the molecule is C[C@H]1S/C(=C(/C#N)C(=O)NCc2ccco2)N(c2ccc(F)cc2)C1=O. The Labute approximate surface area is 153 Å². The maximum absolute atomic E-state index is 13.2. The third-order valence-corrected chi connectivity index (χ3v) is 4.87. The summed E-state index contributed by atoms with van der Waals surface area (Å²) in [5.41, 5.74) is 0.221. The van der Waals surface area contributed by atoms with Crippen LogP contribution in [0, 0.1) is 17.1 Å². The minimum absolute atomic E-state index is 0.120. The minimum atomic E-state index is -0.611. The Hall–Kier alpha value is -3.05. The molecular formula is C18H14FN3O3S. The van der Waals surface area contributed by atoms with Crippen LogP contribution in [0.2, 0.25) is 0 Å². The molecule has 1 aliphatic rings. The van der Waals surface area contributed by atoms with Gasteiger partial charge in [-0.25, -0.2) is 4.39 Å². The van der Waals surface area contributed by atoms with E-state index in [1.807, 2.05) is 6.07 Å². The van der Waals surface area contributed by atoms with Gasteiger partial charge in [0.25, 0.3) is 5.91 Å². The van der Waals surface area contributed by atoms with Gasteiger partial charge in [-0.3, -0.25) is 14.5 Å². The Morgan fingerprint density at radius 3 is 2.73 bits per heavy atom. The average Bonchev–Trinajstić information content (AvgIpc) is 3.24. The number of halogens is 1. The monoisotopic (exact) mass is 371 g/mol. The second kappa shape index (κ2) is 7.45. The van der Waals surface area contributed by atoms with Crippen molar-refractivity contribution in [1.82, 2.24) is 5.32 Å². The van der Waals surface area contributed by atoms with E-state index >= 15 is 0 Å². The number of nitrogens with zero attached hydrogens (tertiary/aromatic N) is 2. The molecule has 1 N–H and O–H groups in total. The van der Waals surface area contributed by atoms with E-state index in [1.54, 1.807) is 19.1 Å². The first-order chi connectivity index (χ1) is 12.5. The number of rotatable bonds is 4. The van der Waals surface area contributed by atoms with Crippen molar-refractivity contribution in [3.63, 3.8) is 0 Å². The number of carbonyl (C=O) groups excluding carboxylic acids is 2. The molecule has 2 heterocycles. The van der Waals surface area contributed by atoms with Crippen LogP contribution < -0.4 is 10.2 Å². The Morgan fingerprint density at radius 2 is 2.12 bits per heavy atom. The molecule has 1 saturated heterocycles. The molecule has 6 nitrogen and oxygen atoms in total. The predicted molar refractivity (Wildman–Crippen MR) is 94.1 cm³/mol. The number of anilines is 1. The summed E-state index contributed by atoms with van der Waals surface area (Å²) in [6.45, 7) is 1.81. The molecule has 2 amide bonds. The highest BCUT2D eigenvalue weighted by atomic mass is 32.2. The number of hydrogen-bond acceptors (Lipinski definition) is 5. The molecular weight excluding hydrogens is 357 g/mol. The Kier molecular flexibility index (Phi) is 5.09. The van der Waals surface area contributed by atoms with Crippen LogP contribution in [0.1, 0.15) is 12.7 Å². The lowest BCUT2D eigenvalue weighted by atomic mass is 10.2. The molecule has 1 atom stereocenters. The topological polar surface area (TPSA) is 86.3 Å². The summed E-state index contributed by atoms with van der Waals surface area (Å²) in [4.78, 5) is 26.2. The van der Waals surface area contributed by atoms with E-state index < -0.39 is 17.0 Å². The molecule has 26 heavy (non-hydrogen) atoms. The van der Waals surface area contributed by atoms with Crippen LogP contribution in [0.4, 0.5) is 10.1 Å². The number of thioether (sulfide) groups is 1. The van der Waals surface area contributed by atoms with Gasteiger partial charge in [-0.15, -0.1) is 0 Å². The lowest BCUT2D eigenvalue weighted by Gasteiger charge is -2.18. The van der Waals surface area contributed by atoms with Crippen LogP contribution in [0.3, 0.4) is 0 Å². The summed E-state index contributed by atoms with van der Waals surface area (Å²) in [7, 11) is 0. The van der Waals surface area contributed by atoms with E-state index in [-0.39, 0.29) is 23.1 Å². The van der Waals surface area contributed by atoms with Gasteiger partial charge in [-0.2, -0.15) is 5.26 Å². The maximum Gasteiger partial charge on any atom is 0.265 e. The van der Waals surface area contributed by atoms with Gasteiger partial charge < -0.3 is 9.73 Å². The van der Waals surface area contributed by atoms with Gasteiger partial charge in [-0.05, 0) is 43.3 Å². The molecule has 1 aliphatic heterocycles. The van der Waals surface area contributed by atoms with Crippen molar-refractivity contribution >= 4 is 29.3 Å². The molecule has 0 saturated carbocycles. The van der Waals surface area contributed by atoms with Gasteiger partial charge in [0.05, 0.1) is 18.1 Å². The molecule has 0 spiro atoms. The molecule has 2 aromatic rings. The first-order valence-electron chi connectivity index (χ1n) is 7.72. The fourth-order valence-corrected chi connectivity index (χ4v) is 3.52. The average molecular weight is 371 g/mol. The van der Waals surface area contributed by atoms with Gasteiger partial charge in [0, 0.05) is 5.69 Å². The number of furan rings is 1. The fourth-order valence-electron chi connectivity index (χ4n) is 2.42. The van der Waals surface area contributed by atoms with Crippen LogP contribution in [0.5, 0.6) is 0 Å². The molecule has 0 bridgehead atoms. The number of amides is 2. The van der Waals surface area contributed by atoms with E-state index in [2.05, 4.69) is 5.32 Å². The molecule has 0 aliphatic carbocycles. The highest BCUT2D eigenvalue weighted by molar-refractivity contribution is 8.05. The minimum Gasteiger partial charge on any atom is -0.467 e. The number of nitrogens with one attached hydrogen (secondary N) is 1. The fraction of sp³-hybridized carbons (Fsp3) is 0.167. The second-order valence-corrected chi connectivity index (χ2v) is 6.79. The predicted octanol–water partition coefficient (Wildman–Crippen LogP) is 2.94. The van der Waals surface area contributed by atoms with E-state index in [1.165, 1.54) is 35.4 Å². The summed E-state index contributed by atoms with van der Waals surface area (Å²) < 4.78 is 18.3. The zero-order chi connectivity index (χ0) is 18.7. The number of hydrogen-bond donors (Lipinski definition) is 1. The zero-order valence-electron chi connectivity index (χ0n) is 13.7. The molecule has 1 aromatic heterocycles. The third kappa shape index (κ3) is 3.48. The van der Waals surface area contributed by atoms with Crippen molar-refractivity contribution in [2.45, 2.75) is 18.7 Å². The van der Waals surface area contributed by atoms with E-state index in [0.717, 1.165) is 11.8 Å². The number of nitriles is 1. The Bertz CT molecular complexity index is 901. The second-order valence-electron chi connectivity index (χ2n) is 5.46. The quantitative estimate of drug-likeness (QED) is 0.660. The van der Waals surface area contributed by atoms with Gasteiger partial charge in [-0.1, -0.05) is 11.8 Å². The summed E-state index contributed by atoms with van der Waals surface area (Å²) >= 11 is 1.12. The van der Waals surface area contributed by atoms with Crippen LogP contribution in [0.15, 0.2) is 57.7 Å². The van der Waals surface area contributed by atoms with E-state index in [4.69, 9.17) is 4.42 Å². The highest BCUT2D eigenvalue weighted by Crippen LogP contribution is 2.40. The van der Waals surface area contributed by atoms with Crippen LogP contribution in [0.25, 0.3) is 0 Å². The summed E-state index contributed by atoms with van der Waals surface area (Å²) in [6.07, 6.45) is 1.48. The third-order valence-electron chi connectivity index (χ3n) is 3.70. The lowest BCUT2D eigenvalue weighted by Crippen LogP contribution is -2.30. The largest absolute Gasteiger partial charge is 0.467 e.